The third kappa shape index (κ3) is 5.86. The Balaban J connectivity index is 1.37. The number of hydrogen-bond acceptors (Lipinski definition) is 7. The standard InChI is InChI=1S/C30H39AsN4O4/c1-4-22-16-21(9-10-26(22)38-14-13-31)11-12-30(23-7-5-6-8-23)18-25(36)24(28(37)39-30)17-27-33-29-32-19(2)15-20(3)35(29)34-27/h9-10,15-16,23,36H,4-8,11-14,17-18,31H2,1-3H3. The number of aromatic nitrogens is 4. The molecule has 3 aromatic rings. The second-order valence-corrected chi connectivity index (χ2v) is 12.1. The topological polar surface area (TPSA) is 98.8 Å². The van der Waals surface area contributed by atoms with E-state index < -0.39 is 11.6 Å². The molecule has 0 radical (unpaired) electrons. The number of aliphatic hydroxyl groups is 1. The van der Waals surface area contributed by atoms with E-state index in [1.54, 1.807) is 21.4 Å². The number of aryl methyl sites for hydroxylation is 4. The van der Waals surface area contributed by atoms with Gasteiger partial charge in [0.15, 0.2) is 5.82 Å². The van der Waals surface area contributed by atoms with Crippen LogP contribution in [0.5, 0.6) is 5.75 Å². The molecule has 3 heterocycles. The molecule has 1 aliphatic carbocycles. The van der Waals surface area contributed by atoms with Gasteiger partial charge in [-0.25, -0.2) is 14.3 Å². The summed E-state index contributed by atoms with van der Waals surface area (Å²) in [6.45, 7) is 6.74. The number of carbonyl (C=O) groups is 1. The zero-order chi connectivity index (χ0) is 27.6. The van der Waals surface area contributed by atoms with Crippen molar-refractivity contribution in [2.45, 2.75) is 89.4 Å². The van der Waals surface area contributed by atoms with Crippen LogP contribution >= 0.6 is 0 Å². The van der Waals surface area contributed by atoms with Crippen molar-refractivity contribution in [1.82, 2.24) is 19.6 Å². The quantitative estimate of drug-likeness (QED) is 0.271. The summed E-state index contributed by atoms with van der Waals surface area (Å²) in [6.07, 6.45) is 7.09. The molecule has 9 heteroatoms. The monoisotopic (exact) mass is 594 g/mol. The first-order valence-corrected chi connectivity index (χ1v) is 15.8. The van der Waals surface area contributed by atoms with Gasteiger partial charge >= 0.3 is 142 Å². The fraction of sp³-hybridized carbons (Fsp3) is 0.533. The van der Waals surface area contributed by atoms with E-state index in [0.29, 0.717) is 24.4 Å². The van der Waals surface area contributed by atoms with Gasteiger partial charge in [-0.05, 0) is 19.9 Å². The van der Waals surface area contributed by atoms with E-state index in [0.717, 1.165) is 67.5 Å². The summed E-state index contributed by atoms with van der Waals surface area (Å²) in [7, 11) is 0. The van der Waals surface area contributed by atoms with Crippen LogP contribution in [0.4, 0.5) is 0 Å². The van der Waals surface area contributed by atoms with Gasteiger partial charge in [-0.3, -0.25) is 0 Å². The Labute approximate surface area is 238 Å². The van der Waals surface area contributed by atoms with Gasteiger partial charge in [-0.2, -0.15) is 4.98 Å². The molecule has 0 amide bonds. The van der Waals surface area contributed by atoms with Crippen molar-refractivity contribution in [3.05, 3.63) is 63.9 Å². The number of aliphatic hydroxyl groups excluding tert-OH is 1. The number of hydrogen-bond donors (Lipinski definition) is 1. The summed E-state index contributed by atoms with van der Waals surface area (Å²) in [5.74, 6) is 1.79. The zero-order valence-corrected chi connectivity index (χ0v) is 25.6. The van der Waals surface area contributed by atoms with Gasteiger partial charge in [0.05, 0.1) is 5.57 Å². The molecule has 0 spiro atoms. The first kappa shape index (κ1) is 27.7. The molecule has 1 aromatic carbocycles. The molecule has 2 aliphatic rings. The van der Waals surface area contributed by atoms with Crippen molar-refractivity contribution in [3.8, 4) is 5.75 Å². The van der Waals surface area contributed by atoms with Gasteiger partial charge in [0.25, 0.3) is 5.78 Å². The molecule has 1 saturated carbocycles. The summed E-state index contributed by atoms with van der Waals surface area (Å²) >= 11 is 1.67. The van der Waals surface area contributed by atoms with Crippen molar-refractivity contribution >= 4 is 28.6 Å². The third-order valence-corrected chi connectivity index (χ3v) is 8.67. The normalized spacial score (nSPS) is 20.2. The maximum atomic E-state index is 13.4. The van der Waals surface area contributed by atoms with Gasteiger partial charge in [-0.1, -0.05) is 12.8 Å². The van der Waals surface area contributed by atoms with Gasteiger partial charge in [0.1, 0.15) is 0 Å². The molecule has 208 valence electrons. The minimum absolute atomic E-state index is 0.108. The average molecular weight is 595 g/mol. The first-order chi connectivity index (χ1) is 18.8. The Morgan fingerprint density at radius 2 is 2.00 bits per heavy atom. The second kappa shape index (κ2) is 11.7. The van der Waals surface area contributed by atoms with E-state index in [-0.39, 0.29) is 23.7 Å². The fourth-order valence-electron chi connectivity index (χ4n) is 6.16. The molecule has 2 aromatic heterocycles. The molecule has 5 rings (SSSR count). The molecule has 0 bridgehead atoms. The second-order valence-electron chi connectivity index (χ2n) is 10.9. The molecular formula is C30H39AsN4O4. The molecule has 1 aliphatic heterocycles. The van der Waals surface area contributed by atoms with E-state index in [1.165, 1.54) is 11.1 Å². The predicted molar refractivity (Wildman–Crippen MR) is 152 cm³/mol. The van der Waals surface area contributed by atoms with Gasteiger partial charge < -0.3 is 5.11 Å². The van der Waals surface area contributed by atoms with E-state index in [2.05, 4.69) is 40.2 Å². The number of esters is 1. The van der Waals surface area contributed by atoms with E-state index in [4.69, 9.17) is 9.47 Å². The fourth-order valence-corrected chi connectivity index (χ4v) is 6.41. The Morgan fingerprint density at radius 1 is 1.21 bits per heavy atom. The van der Waals surface area contributed by atoms with Crippen LogP contribution in [0.25, 0.3) is 5.78 Å². The molecule has 0 saturated heterocycles. The van der Waals surface area contributed by atoms with Crippen LogP contribution in [-0.4, -0.2) is 59.7 Å². The molecule has 2 unspecified atom stereocenters. The summed E-state index contributed by atoms with van der Waals surface area (Å²) in [6, 6.07) is 8.34. The van der Waals surface area contributed by atoms with Crippen LogP contribution in [-0.2, 0) is 28.8 Å². The number of fused-ring (bicyclic) bond motifs is 1. The van der Waals surface area contributed by atoms with Crippen molar-refractivity contribution in [2.24, 2.45) is 5.92 Å². The number of ether oxygens (including phenoxy) is 2. The van der Waals surface area contributed by atoms with Crippen molar-refractivity contribution in [3.63, 3.8) is 0 Å². The van der Waals surface area contributed by atoms with Crippen LogP contribution in [0.3, 0.4) is 0 Å². The van der Waals surface area contributed by atoms with Crippen LogP contribution in [0.2, 0.25) is 5.21 Å². The number of nitrogens with zero attached hydrogens (tertiary/aromatic N) is 4. The summed E-state index contributed by atoms with van der Waals surface area (Å²) in [4.78, 5) is 22.4. The Morgan fingerprint density at radius 3 is 2.72 bits per heavy atom. The number of carbonyl (C=O) groups excluding carboxylic acids is 1. The minimum atomic E-state index is -0.700. The van der Waals surface area contributed by atoms with Crippen LogP contribution in [0.1, 0.15) is 73.8 Å². The van der Waals surface area contributed by atoms with E-state index in [9.17, 15) is 9.90 Å². The van der Waals surface area contributed by atoms with Crippen LogP contribution < -0.4 is 4.74 Å². The molecule has 39 heavy (non-hydrogen) atoms. The molecular weight excluding hydrogens is 555 g/mol. The Bertz CT molecular complexity index is 1400. The summed E-state index contributed by atoms with van der Waals surface area (Å²) in [5.41, 5.74) is 3.73. The predicted octanol–water partition coefficient (Wildman–Crippen LogP) is 4.60. The average Bonchev–Trinajstić information content (AvgIpc) is 3.59. The van der Waals surface area contributed by atoms with Crippen molar-refractivity contribution in [2.75, 3.05) is 6.61 Å². The molecule has 1 fully saturated rings. The van der Waals surface area contributed by atoms with Crippen molar-refractivity contribution in [1.29, 1.82) is 0 Å². The van der Waals surface area contributed by atoms with Crippen LogP contribution in [0, 0.1) is 19.8 Å². The van der Waals surface area contributed by atoms with E-state index in [1.807, 2.05) is 19.9 Å². The van der Waals surface area contributed by atoms with Crippen LogP contribution in [0.15, 0.2) is 35.6 Å². The summed E-state index contributed by atoms with van der Waals surface area (Å²) < 4.78 is 13.9. The zero-order valence-electron chi connectivity index (χ0n) is 23.2. The van der Waals surface area contributed by atoms with E-state index >= 15 is 0 Å². The Kier molecular flexibility index (Phi) is 8.32. The van der Waals surface area contributed by atoms with Crippen molar-refractivity contribution < 1.29 is 19.4 Å². The maximum absolute atomic E-state index is 13.4. The number of benzene rings is 1. The SMILES string of the molecule is CCc1cc(CCC2(C3CCCC3)CC(O)=C(Cc3nc4nc(C)cc(C)n4n3)C(=O)O2)ccc1OCC[AsH2]. The van der Waals surface area contributed by atoms with Gasteiger partial charge in [0, 0.05) is 17.8 Å². The molecule has 1 N–H and O–H groups in total. The van der Waals surface area contributed by atoms with Gasteiger partial charge in [-0.15, -0.1) is 5.10 Å². The molecule has 8 nitrogen and oxygen atoms in total. The molecule has 2 atom stereocenters. The van der Waals surface area contributed by atoms with Gasteiger partial charge in [0.2, 0.25) is 0 Å². The third-order valence-electron chi connectivity index (χ3n) is 8.17. The first-order valence-electron chi connectivity index (χ1n) is 14.1. The Hall–Kier alpha value is -2.86. The summed E-state index contributed by atoms with van der Waals surface area (Å²) in [5, 5.41) is 16.8. The number of cyclic esters (lactones) is 1. The number of rotatable bonds is 10.